The van der Waals surface area contributed by atoms with Gasteiger partial charge in [0.15, 0.2) is 7.60 Å². The molecular formula is C3H5Na3O8P2. The fourth-order valence-corrected chi connectivity index (χ4v) is 2.70. The molecular weight excluding hydrogens is 295 g/mol. The van der Waals surface area contributed by atoms with Gasteiger partial charge in [-0.05, 0) is 6.16 Å². The average Bonchev–Trinajstić information content (AvgIpc) is 1.79. The Morgan fingerprint density at radius 3 is 1.69 bits per heavy atom. The fourth-order valence-electron chi connectivity index (χ4n) is 0.410. The van der Waals surface area contributed by atoms with Gasteiger partial charge >= 0.3 is 94.8 Å². The molecule has 1 N–H and O–H groups in total. The molecule has 1 atom stereocenters. The molecule has 0 spiro atoms. The van der Waals surface area contributed by atoms with E-state index in [1.54, 1.807) is 0 Å². The van der Waals surface area contributed by atoms with Gasteiger partial charge in [-0.25, -0.2) is 4.79 Å². The van der Waals surface area contributed by atoms with E-state index in [0.717, 1.165) is 0 Å². The summed E-state index contributed by atoms with van der Waals surface area (Å²) in [5.74, 6) is 0. The average molecular weight is 300 g/mol. The van der Waals surface area contributed by atoms with Crippen LogP contribution in [0.2, 0.25) is 0 Å². The molecule has 0 aromatic heterocycles. The van der Waals surface area contributed by atoms with Crippen molar-refractivity contribution in [3.05, 3.63) is 0 Å². The largest absolute Gasteiger partial charge is 1.00 e. The molecule has 0 aromatic carbocycles. The monoisotopic (exact) mass is 300 g/mol. The summed E-state index contributed by atoms with van der Waals surface area (Å²) < 4.78 is 23.8. The van der Waals surface area contributed by atoms with E-state index in [2.05, 4.69) is 4.52 Å². The summed E-state index contributed by atoms with van der Waals surface area (Å²) >= 11 is 0. The SMILES string of the molecule is O=C(O)OP(=O)([O-])CCP(=O)([O-])[O-].[Na+].[Na+].[Na+]. The van der Waals surface area contributed by atoms with Gasteiger partial charge in [-0.15, -0.1) is 0 Å². The summed E-state index contributed by atoms with van der Waals surface area (Å²) in [6, 6.07) is 0. The quantitative estimate of drug-likeness (QED) is 0.397. The van der Waals surface area contributed by atoms with Crippen LogP contribution in [0, 0.1) is 0 Å². The Bertz CT molecular complexity index is 288. The first-order valence-corrected chi connectivity index (χ1v) is 6.32. The number of carbonyl (C=O) groups is 1. The molecule has 0 aliphatic heterocycles. The van der Waals surface area contributed by atoms with Crippen LogP contribution in [0.25, 0.3) is 0 Å². The van der Waals surface area contributed by atoms with Crippen molar-refractivity contribution in [1.82, 2.24) is 0 Å². The summed E-state index contributed by atoms with van der Waals surface area (Å²) in [5.41, 5.74) is 0. The zero-order valence-electron chi connectivity index (χ0n) is 9.11. The van der Waals surface area contributed by atoms with Crippen LogP contribution in [-0.4, -0.2) is 23.6 Å². The first-order chi connectivity index (χ1) is 5.62. The van der Waals surface area contributed by atoms with E-state index in [1.807, 2.05) is 0 Å². The second-order valence-electron chi connectivity index (χ2n) is 2.03. The van der Waals surface area contributed by atoms with Gasteiger partial charge in [0.2, 0.25) is 0 Å². The number of hydrogen-bond acceptors (Lipinski definition) is 7. The maximum atomic E-state index is 10.5. The van der Waals surface area contributed by atoms with E-state index in [-0.39, 0.29) is 88.7 Å². The molecule has 0 saturated carbocycles. The second kappa shape index (κ2) is 11.4. The number of hydrogen-bond donors (Lipinski definition) is 1. The third-order valence-corrected chi connectivity index (χ3v) is 3.19. The molecule has 0 aliphatic rings. The first kappa shape index (κ1) is 27.0. The zero-order chi connectivity index (χ0) is 10.7. The normalized spacial score (nSPS) is 13.2. The molecule has 0 saturated heterocycles. The minimum atomic E-state index is -4.95. The zero-order valence-corrected chi connectivity index (χ0v) is 16.9. The Hall–Kier alpha value is 2.61. The van der Waals surface area contributed by atoms with Gasteiger partial charge in [-0.1, -0.05) is 7.60 Å². The van der Waals surface area contributed by atoms with Crippen LogP contribution in [-0.2, 0) is 13.7 Å². The Kier molecular flexibility index (Phi) is 19.3. The van der Waals surface area contributed by atoms with Crippen molar-refractivity contribution < 1.29 is 127 Å². The predicted octanol–water partition coefficient (Wildman–Crippen LogP) is -10.8. The van der Waals surface area contributed by atoms with Gasteiger partial charge < -0.3 is 28.9 Å². The maximum absolute atomic E-state index is 10.5. The van der Waals surface area contributed by atoms with Crippen molar-refractivity contribution in [3.8, 4) is 0 Å². The van der Waals surface area contributed by atoms with Crippen LogP contribution in [0.3, 0.4) is 0 Å². The predicted molar refractivity (Wildman–Crippen MR) is 34.1 cm³/mol. The van der Waals surface area contributed by atoms with Crippen LogP contribution >= 0.6 is 15.2 Å². The summed E-state index contributed by atoms with van der Waals surface area (Å²) in [5, 5.41) is 7.86. The van der Waals surface area contributed by atoms with E-state index in [0.29, 0.717) is 0 Å². The van der Waals surface area contributed by atoms with Crippen molar-refractivity contribution in [2.75, 3.05) is 12.3 Å². The maximum Gasteiger partial charge on any atom is 1.00 e. The molecule has 13 heteroatoms. The molecule has 0 heterocycles. The number of carboxylic acid groups (broad SMARTS) is 1. The van der Waals surface area contributed by atoms with Gasteiger partial charge in [0.1, 0.15) is 0 Å². The van der Waals surface area contributed by atoms with Crippen LogP contribution in [0.1, 0.15) is 0 Å². The summed E-state index contributed by atoms with van der Waals surface area (Å²) in [6.07, 6.45) is -4.38. The molecule has 1 unspecified atom stereocenters. The Morgan fingerprint density at radius 2 is 1.44 bits per heavy atom. The Morgan fingerprint density at radius 1 is 1.06 bits per heavy atom. The third kappa shape index (κ3) is 19.0. The molecule has 8 nitrogen and oxygen atoms in total. The van der Waals surface area contributed by atoms with Crippen LogP contribution < -0.4 is 103 Å². The van der Waals surface area contributed by atoms with Crippen molar-refractivity contribution in [3.63, 3.8) is 0 Å². The molecule has 16 heavy (non-hydrogen) atoms. The van der Waals surface area contributed by atoms with Crippen molar-refractivity contribution in [2.45, 2.75) is 0 Å². The molecule has 0 bridgehead atoms. The molecule has 0 rings (SSSR count). The van der Waals surface area contributed by atoms with E-state index in [4.69, 9.17) is 5.11 Å². The third-order valence-electron chi connectivity index (χ3n) is 0.865. The van der Waals surface area contributed by atoms with Gasteiger partial charge in [0.05, 0.1) is 0 Å². The molecule has 0 amide bonds. The number of rotatable bonds is 4. The van der Waals surface area contributed by atoms with Crippen molar-refractivity contribution in [1.29, 1.82) is 0 Å². The van der Waals surface area contributed by atoms with E-state index in [9.17, 15) is 28.6 Å². The minimum Gasteiger partial charge on any atom is -0.811 e. The van der Waals surface area contributed by atoms with Crippen molar-refractivity contribution in [2.24, 2.45) is 0 Å². The topological polar surface area (TPSA) is 150 Å². The van der Waals surface area contributed by atoms with Crippen LogP contribution in [0.5, 0.6) is 0 Å². The summed E-state index contributed by atoms with van der Waals surface area (Å²) in [6.45, 7) is 0. The van der Waals surface area contributed by atoms with Gasteiger partial charge in [0, 0.05) is 6.16 Å². The van der Waals surface area contributed by atoms with E-state index in [1.165, 1.54) is 0 Å². The smallest absolute Gasteiger partial charge is 0.811 e. The Labute approximate surface area is 158 Å². The molecule has 0 radical (unpaired) electrons. The van der Waals surface area contributed by atoms with Gasteiger partial charge in [0.25, 0.3) is 0 Å². The standard InChI is InChI=1S/C3H8O8P2.3Na/c4-3(5)11-13(9,10)2-1-12(6,7)8;;;/h1-2H2,(H,4,5)(H,9,10)(H2,6,7,8);;;/q;3*+1/p-3. The van der Waals surface area contributed by atoms with Gasteiger partial charge in [-0.3, -0.25) is 4.57 Å². The fraction of sp³-hybridized carbons (Fsp3) is 0.667. The van der Waals surface area contributed by atoms with Crippen LogP contribution in [0.4, 0.5) is 4.79 Å². The van der Waals surface area contributed by atoms with E-state index >= 15 is 0 Å². The Balaban J connectivity index is -0.000000240. The van der Waals surface area contributed by atoms with E-state index < -0.39 is 33.7 Å². The molecule has 0 fully saturated rings. The molecule has 0 aliphatic carbocycles. The van der Waals surface area contributed by atoms with Crippen LogP contribution in [0.15, 0.2) is 0 Å². The molecule has 0 aromatic rings. The summed E-state index contributed by atoms with van der Waals surface area (Å²) in [4.78, 5) is 40.2. The first-order valence-electron chi connectivity index (χ1n) is 2.86. The van der Waals surface area contributed by atoms with Crippen molar-refractivity contribution >= 4 is 21.3 Å². The minimum absolute atomic E-state index is 0. The summed E-state index contributed by atoms with van der Waals surface area (Å²) in [7, 11) is -9.72. The second-order valence-corrected chi connectivity index (χ2v) is 5.55. The molecule has 78 valence electrons. The van der Waals surface area contributed by atoms with Gasteiger partial charge in [-0.2, -0.15) is 0 Å².